The number of amides is 1. The maximum atomic E-state index is 12.2. The van der Waals surface area contributed by atoms with Crippen LogP contribution in [-0.2, 0) is 4.79 Å². The van der Waals surface area contributed by atoms with Crippen molar-refractivity contribution >= 4 is 33.4 Å². The summed E-state index contributed by atoms with van der Waals surface area (Å²) in [6, 6.07) is 12.7. The van der Waals surface area contributed by atoms with Gasteiger partial charge in [-0.2, -0.15) is 0 Å². The Balaban J connectivity index is 1.93. The van der Waals surface area contributed by atoms with Crippen molar-refractivity contribution < 1.29 is 14.3 Å². The van der Waals surface area contributed by atoms with E-state index in [0.29, 0.717) is 15.2 Å². The molecule has 0 saturated carbocycles. The van der Waals surface area contributed by atoms with Crippen LogP contribution in [0.2, 0.25) is 5.02 Å². The maximum absolute atomic E-state index is 12.2. The zero-order valence-corrected chi connectivity index (χ0v) is 15.9. The summed E-state index contributed by atoms with van der Waals surface area (Å²) >= 11 is 9.24. The minimum atomic E-state index is -0.181. The molecule has 0 radical (unpaired) electrons. The van der Waals surface area contributed by atoms with Crippen molar-refractivity contribution in [2.75, 3.05) is 13.7 Å². The maximum Gasteiger partial charge on any atom is 0.258 e. The summed E-state index contributed by atoms with van der Waals surface area (Å²) in [6.07, 6.45) is 0.780. The topological polar surface area (TPSA) is 47.6 Å². The number of hydrogen-bond acceptors (Lipinski definition) is 3. The molecule has 4 nitrogen and oxygen atoms in total. The Morgan fingerprint density at radius 3 is 2.54 bits per heavy atom. The molecule has 0 bridgehead atoms. The molecule has 24 heavy (non-hydrogen) atoms. The van der Waals surface area contributed by atoms with Gasteiger partial charge in [-0.15, -0.1) is 0 Å². The number of methoxy groups -OCH3 is 1. The summed E-state index contributed by atoms with van der Waals surface area (Å²) in [4.78, 5) is 12.2. The number of carbonyl (C=O) groups excluding carboxylic acids is 1. The number of hydrogen-bond donors (Lipinski definition) is 1. The van der Waals surface area contributed by atoms with Gasteiger partial charge in [0.2, 0.25) is 0 Å². The van der Waals surface area contributed by atoms with Gasteiger partial charge in [0, 0.05) is 5.02 Å². The molecule has 2 aromatic carbocycles. The van der Waals surface area contributed by atoms with Crippen molar-refractivity contribution in [2.45, 2.75) is 19.4 Å². The molecule has 0 aromatic heterocycles. The summed E-state index contributed by atoms with van der Waals surface area (Å²) in [7, 11) is 1.63. The van der Waals surface area contributed by atoms with Crippen LogP contribution in [0.5, 0.6) is 11.5 Å². The Morgan fingerprint density at radius 1 is 1.25 bits per heavy atom. The highest BCUT2D eigenvalue weighted by atomic mass is 79.9. The van der Waals surface area contributed by atoms with Crippen molar-refractivity contribution in [3.8, 4) is 11.5 Å². The average Bonchev–Trinajstić information content (AvgIpc) is 2.59. The van der Waals surface area contributed by atoms with Crippen molar-refractivity contribution in [3.05, 3.63) is 57.5 Å². The van der Waals surface area contributed by atoms with Crippen molar-refractivity contribution in [2.24, 2.45) is 0 Å². The number of nitrogens with one attached hydrogen (secondary N) is 1. The van der Waals surface area contributed by atoms with E-state index < -0.39 is 0 Å². The number of ether oxygens (including phenoxy) is 2. The third-order valence-corrected chi connectivity index (χ3v) is 4.37. The van der Waals surface area contributed by atoms with Crippen LogP contribution >= 0.6 is 27.5 Å². The molecule has 2 rings (SSSR count). The molecule has 0 fully saturated rings. The number of rotatable bonds is 7. The van der Waals surface area contributed by atoms with Gasteiger partial charge in [0.1, 0.15) is 11.5 Å². The van der Waals surface area contributed by atoms with Gasteiger partial charge in [0.25, 0.3) is 5.91 Å². The van der Waals surface area contributed by atoms with E-state index in [1.54, 1.807) is 25.3 Å². The third-order valence-electron chi connectivity index (χ3n) is 3.51. The molecular formula is C18H19BrClNO3. The van der Waals surface area contributed by atoms with E-state index >= 15 is 0 Å². The smallest absolute Gasteiger partial charge is 0.258 e. The highest BCUT2D eigenvalue weighted by molar-refractivity contribution is 9.10. The summed E-state index contributed by atoms with van der Waals surface area (Å²) in [5.41, 5.74) is 1.03. The van der Waals surface area contributed by atoms with Crippen LogP contribution in [0.1, 0.15) is 24.9 Å². The lowest BCUT2D eigenvalue weighted by Crippen LogP contribution is -2.32. The standard InChI is InChI=1S/C18H19BrClNO3/c1-3-16(12-4-7-14(23-2)8-5-12)21-18(22)11-24-17-9-6-13(20)10-15(17)19/h4-10,16H,3,11H2,1-2H3,(H,21,22)/t16-/m0/s1. The van der Waals surface area contributed by atoms with Crippen molar-refractivity contribution in [3.63, 3.8) is 0 Å². The zero-order valence-electron chi connectivity index (χ0n) is 13.5. The lowest BCUT2D eigenvalue weighted by molar-refractivity contribution is -0.123. The van der Waals surface area contributed by atoms with E-state index in [1.165, 1.54) is 0 Å². The second-order valence-corrected chi connectivity index (χ2v) is 6.46. The SMILES string of the molecule is CC[C@H](NC(=O)COc1ccc(Cl)cc1Br)c1ccc(OC)cc1. The van der Waals surface area contributed by atoms with E-state index in [1.807, 2.05) is 31.2 Å². The summed E-state index contributed by atoms with van der Waals surface area (Å²) in [6.45, 7) is 1.96. The summed E-state index contributed by atoms with van der Waals surface area (Å²) in [5, 5.41) is 3.58. The van der Waals surface area contributed by atoms with Crippen LogP contribution in [0.3, 0.4) is 0 Å². The molecule has 128 valence electrons. The molecular weight excluding hydrogens is 394 g/mol. The van der Waals surface area contributed by atoms with Crippen LogP contribution in [0.15, 0.2) is 46.9 Å². The summed E-state index contributed by atoms with van der Waals surface area (Å²) in [5.74, 6) is 1.18. The molecule has 1 amide bonds. The fourth-order valence-electron chi connectivity index (χ4n) is 2.23. The minimum absolute atomic E-state index is 0.0626. The van der Waals surface area contributed by atoms with Crippen LogP contribution < -0.4 is 14.8 Å². The molecule has 0 heterocycles. The number of benzene rings is 2. The minimum Gasteiger partial charge on any atom is -0.497 e. The van der Waals surface area contributed by atoms with Gasteiger partial charge >= 0.3 is 0 Å². The van der Waals surface area contributed by atoms with Gasteiger partial charge in [-0.25, -0.2) is 0 Å². The van der Waals surface area contributed by atoms with Crippen LogP contribution in [0, 0.1) is 0 Å². The van der Waals surface area contributed by atoms with E-state index in [0.717, 1.165) is 17.7 Å². The summed E-state index contributed by atoms with van der Waals surface area (Å²) < 4.78 is 11.4. The van der Waals surface area contributed by atoms with Gasteiger partial charge < -0.3 is 14.8 Å². The predicted octanol–water partition coefficient (Wildman–Crippen LogP) is 4.76. The number of halogens is 2. The second kappa shape index (κ2) is 8.94. The molecule has 1 atom stereocenters. The van der Waals surface area contributed by atoms with Gasteiger partial charge in [-0.1, -0.05) is 30.7 Å². The molecule has 0 aliphatic carbocycles. The van der Waals surface area contributed by atoms with Crippen LogP contribution in [0.25, 0.3) is 0 Å². The Labute approximate surface area is 155 Å². The Bertz CT molecular complexity index is 691. The molecule has 2 aromatic rings. The van der Waals surface area contributed by atoms with Gasteiger partial charge in [-0.3, -0.25) is 4.79 Å². The lowest BCUT2D eigenvalue weighted by Gasteiger charge is -2.18. The average molecular weight is 413 g/mol. The number of carbonyl (C=O) groups is 1. The van der Waals surface area contributed by atoms with Crippen molar-refractivity contribution in [1.29, 1.82) is 0 Å². The Hall–Kier alpha value is -1.72. The first-order chi connectivity index (χ1) is 11.5. The van der Waals surface area contributed by atoms with Crippen LogP contribution in [0.4, 0.5) is 0 Å². The first-order valence-corrected chi connectivity index (χ1v) is 8.71. The van der Waals surface area contributed by atoms with E-state index in [2.05, 4.69) is 21.2 Å². The quantitative estimate of drug-likeness (QED) is 0.713. The molecule has 6 heteroatoms. The first kappa shape index (κ1) is 18.6. The van der Waals surface area contributed by atoms with E-state index in [-0.39, 0.29) is 18.6 Å². The van der Waals surface area contributed by atoms with E-state index in [9.17, 15) is 4.79 Å². The molecule has 0 saturated heterocycles. The van der Waals surface area contributed by atoms with Crippen molar-refractivity contribution in [1.82, 2.24) is 5.32 Å². The molecule has 1 N–H and O–H groups in total. The van der Waals surface area contributed by atoms with E-state index in [4.69, 9.17) is 21.1 Å². The molecule has 0 aliphatic rings. The fourth-order valence-corrected chi connectivity index (χ4v) is 3.03. The first-order valence-electron chi connectivity index (χ1n) is 7.54. The largest absolute Gasteiger partial charge is 0.497 e. The third kappa shape index (κ3) is 5.14. The highest BCUT2D eigenvalue weighted by Crippen LogP contribution is 2.28. The highest BCUT2D eigenvalue weighted by Gasteiger charge is 2.14. The molecule has 0 spiro atoms. The predicted molar refractivity (Wildman–Crippen MR) is 98.8 cm³/mol. The Morgan fingerprint density at radius 2 is 1.96 bits per heavy atom. The molecule has 0 unspecified atom stereocenters. The zero-order chi connectivity index (χ0) is 17.5. The fraction of sp³-hybridized carbons (Fsp3) is 0.278. The van der Waals surface area contributed by atoms with Gasteiger partial charge in [0.05, 0.1) is 17.6 Å². The molecule has 0 aliphatic heterocycles. The van der Waals surface area contributed by atoms with Gasteiger partial charge in [0.15, 0.2) is 6.61 Å². The second-order valence-electron chi connectivity index (χ2n) is 5.16. The van der Waals surface area contributed by atoms with Crippen LogP contribution in [-0.4, -0.2) is 19.6 Å². The lowest BCUT2D eigenvalue weighted by atomic mass is 10.0. The Kier molecular flexibility index (Phi) is 6.94. The van der Waals surface area contributed by atoms with Gasteiger partial charge in [-0.05, 0) is 58.2 Å². The normalized spacial score (nSPS) is 11.7. The monoisotopic (exact) mass is 411 g/mol.